The van der Waals surface area contributed by atoms with Gasteiger partial charge in [0, 0.05) is 6.07 Å². The number of carbonyl (C=O) groups is 1. The van der Waals surface area contributed by atoms with E-state index in [9.17, 15) is 29.8 Å². The molecule has 2 aromatic rings. The summed E-state index contributed by atoms with van der Waals surface area (Å²) >= 11 is 0. The first-order valence-corrected chi connectivity index (χ1v) is 7.08. The molecule has 0 bridgehead atoms. The van der Waals surface area contributed by atoms with E-state index in [-0.39, 0.29) is 16.8 Å². The second kappa shape index (κ2) is 7.83. The van der Waals surface area contributed by atoms with Gasteiger partial charge in [-0.15, -0.1) is 0 Å². The molecule has 1 atom stereocenters. The molecule has 0 aliphatic carbocycles. The van der Waals surface area contributed by atoms with Gasteiger partial charge in [0.15, 0.2) is 0 Å². The lowest BCUT2D eigenvalue weighted by Crippen LogP contribution is -2.47. The van der Waals surface area contributed by atoms with E-state index in [0.717, 1.165) is 6.47 Å². The second-order valence-corrected chi connectivity index (χ2v) is 4.91. The molecule has 10 heteroatoms. The minimum atomic E-state index is -2.97. The van der Waals surface area contributed by atoms with Crippen molar-refractivity contribution < 1.29 is 28.9 Å². The molecule has 10 nitrogen and oxygen atoms in total. The normalized spacial score (nSPS) is 12.5. The van der Waals surface area contributed by atoms with E-state index in [2.05, 4.69) is 4.74 Å². The monoisotopic (exact) mass is 359 g/mol. The van der Waals surface area contributed by atoms with Crippen LogP contribution in [0.4, 0.5) is 5.69 Å². The summed E-state index contributed by atoms with van der Waals surface area (Å²) in [7, 11) is 0. The number of rotatable bonds is 8. The predicted octanol–water partition coefficient (Wildman–Crippen LogP) is 1.85. The third-order valence-electron chi connectivity index (χ3n) is 3.44. The molecule has 0 aliphatic rings. The molecule has 0 N–H and O–H groups in total. The van der Waals surface area contributed by atoms with Gasteiger partial charge in [0.2, 0.25) is 0 Å². The quantitative estimate of drug-likeness (QED) is 0.301. The van der Waals surface area contributed by atoms with Crippen LogP contribution in [-0.4, -0.2) is 22.3 Å². The van der Waals surface area contributed by atoms with Crippen LogP contribution < -0.4 is 0 Å². The fourth-order valence-corrected chi connectivity index (χ4v) is 2.21. The SMILES string of the molecule is O=[C]OC(C(=O)OCc1ccccc1[N+](=O)[O-])(c1ccccc1)[N+](=O)[O-]. The molecule has 133 valence electrons. The molecule has 26 heavy (non-hydrogen) atoms. The van der Waals surface area contributed by atoms with Crippen LogP contribution in [0.3, 0.4) is 0 Å². The molecule has 0 saturated carbocycles. The minimum absolute atomic E-state index is 0.0197. The zero-order chi connectivity index (χ0) is 19.2. The van der Waals surface area contributed by atoms with Crippen molar-refractivity contribution in [1.82, 2.24) is 0 Å². The molecular weight excluding hydrogens is 348 g/mol. The highest BCUT2D eigenvalue weighted by atomic mass is 16.7. The summed E-state index contributed by atoms with van der Waals surface area (Å²) < 4.78 is 9.26. The molecule has 0 saturated heterocycles. The van der Waals surface area contributed by atoms with E-state index in [4.69, 9.17) is 4.74 Å². The first kappa shape index (κ1) is 18.5. The molecule has 0 spiro atoms. The molecule has 0 aliphatic heterocycles. The Morgan fingerprint density at radius 1 is 1.04 bits per heavy atom. The van der Waals surface area contributed by atoms with Crippen LogP contribution in [0.1, 0.15) is 11.1 Å². The van der Waals surface area contributed by atoms with Crippen LogP contribution in [0, 0.1) is 20.2 Å². The van der Waals surface area contributed by atoms with Crippen molar-refractivity contribution >= 4 is 18.1 Å². The average molecular weight is 359 g/mol. The Kier molecular flexibility index (Phi) is 5.58. The maximum Gasteiger partial charge on any atom is 0.490 e. The molecule has 0 fully saturated rings. The van der Waals surface area contributed by atoms with E-state index in [1.165, 1.54) is 54.6 Å². The zero-order valence-electron chi connectivity index (χ0n) is 13.1. The molecule has 1 unspecified atom stereocenters. The van der Waals surface area contributed by atoms with E-state index < -0.39 is 28.1 Å². The maximum atomic E-state index is 12.4. The third-order valence-corrected chi connectivity index (χ3v) is 3.44. The molecular formula is C16H11N2O8. The summed E-state index contributed by atoms with van der Waals surface area (Å²) in [4.78, 5) is 43.8. The average Bonchev–Trinajstić information content (AvgIpc) is 2.64. The summed E-state index contributed by atoms with van der Waals surface area (Å²) in [6, 6.07) is 12.2. The lowest BCUT2D eigenvalue weighted by molar-refractivity contribution is -0.612. The Morgan fingerprint density at radius 3 is 2.23 bits per heavy atom. The van der Waals surface area contributed by atoms with Gasteiger partial charge >= 0.3 is 18.2 Å². The smallest absolute Gasteiger partial charge is 0.452 e. The molecule has 2 rings (SSSR count). The molecule has 1 radical (unpaired) electrons. The molecule has 0 heterocycles. The number of esters is 1. The van der Waals surface area contributed by atoms with Gasteiger partial charge in [-0.25, -0.2) is 9.59 Å². The van der Waals surface area contributed by atoms with Crippen LogP contribution in [0.25, 0.3) is 0 Å². The standard InChI is InChI=1S/C16H11N2O8/c19-11-26-16(18(23)24,13-7-2-1-3-8-13)15(20)25-10-12-6-4-5-9-14(12)17(21)22/h1-9H,10H2. The van der Waals surface area contributed by atoms with Crippen molar-refractivity contribution in [2.75, 3.05) is 0 Å². The van der Waals surface area contributed by atoms with Crippen molar-refractivity contribution in [2.24, 2.45) is 0 Å². The van der Waals surface area contributed by atoms with Gasteiger partial charge in [-0.05, 0) is 18.2 Å². The van der Waals surface area contributed by atoms with Gasteiger partial charge in [-0.3, -0.25) is 20.2 Å². The number of hydrogen-bond acceptors (Lipinski definition) is 8. The highest BCUT2D eigenvalue weighted by Gasteiger charge is 2.58. The van der Waals surface area contributed by atoms with Gasteiger partial charge in [-0.2, -0.15) is 0 Å². The van der Waals surface area contributed by atoms with Gasteiger partial charge in [0.05, 0.1) is 21.0 Å². The van der Waals surface area contributed by atoms with E-state index in [1.54, 1.807) is 0 Å². The summed E-state index contributed by atoms with van der Waals surface area (Å²) in [5, 5.41) is 22.5. The lowest BCUT2D eigenvalue weighted by Gasteiger charge is -2.20. The van der Waals surface area contributed by atoms with Gasteiger partial charge in [-0.1, -0.05) is 30.3 Å². The fourth-order valence-electron chi connectivity index (χ4n) is 2.21. The number of hydrogen-bond donors (Lipinski definition) is 0. The van der Waals surface area contributed by atoms with Gasteiger partial charge in [0.25, 0.3) is 5.69 Å². The fraction of sp³-hybridized carbons (Fsp3) is 0.125. The number of nitro benzene ring substituents is 1. The van der Waals surface area contributed by atoms with Crippen molar-refractivity contribution in [3.8, 4) is 0 Å². The van der Waals surface area contributed by atoms with Crippen LogP contribution in [0.2, 0.25) is 0 Å². The number of para-hydroxylation sites is 1. The summed E-state index contributed by atoms with van der Waals surface area (Å²) in [5.41, 5.74) is -3.53. The molecule has 0 aromatic heterocycles. The number of carbonyl (C=O) groups excluding carboxylic acids is 2. The number of ether oxygens (including phenoxy) is 2. The highest BCUT2D eigenvalue weighted by molar-refractivity contribution is 5.80. The minimum Gasteiger partial charge on any atom is -0.452 e. The van der Waals surface area contributed by atoms with Crippen molar-refractivity contribution in [3.05, 3.63) is 86.0 Å². The van der Waals surface area contributed by atoms with Gasteiger partial charge < -0.3 is 9.47 Å². The van der Waals surface area contributed by atoms with E-state index in [0.29, 0.717) is 0 Å². The molecule has 2 aromatic carbocycles. The van der Waals surface area contributed by atoms with Crippen molar-refractivity contribution in [2.45, 2.75) is 12.3 Å². The lowest BCUT2D eigenvalue weighted by atomic mass is 10.0. The Morgan fingerprint density at radius 2 is 1.65 bits per heavy atom. The predicted molar refractivity (Wildman–Crippen MR) is 84.8 cm³/mol. The van der Waals surface area contributed by atoms with E-state index in [1.807, 2.05) is 0 Å². The third kappa shape index (κ3) is 3.48. The number of nitrogens with zero attached hydrogens (tertiary/aromatic N) is 2. The molecule has 0 amide bonds. The van der Waals surface area contributed by atoms with Crippen LogP contribution in [0.15, 0.2) is 54.6 Å². The Bertz CT molecular complexity index is 839. The Balaban J connectivity index is 2.35. The first-order chi connectivity index (χ1) is 12.4. The number of benzene rings is 2. The maximum absolute atomic E-state index is 12.4. The first-order valence-electron chi connectivity index (χ1n) is 7.08. The zero-order valence-corrected chi connectivity index (χ0v) is 13.1. The van der Waals surface area contributed by atoms with Crippen LogP contribution >= 0.6 is 0 Å². The summed E-state index contributed by atoms with van der Waals surface area (Å²) in [6.45, 7) is 0.272. The van der Waals surface area contributed by atoms with E-state index >= 15 is 0 Å². The Labute approximate surface area is 146 Å². The van der Waals surface area contributed by atoms with Crippen molar-refractivity contribution in [1.29, 1.82) is 0 Å². The highest BCUT2D eigenvalue weighted by Crippen LogP contribution is 2.29. The largest absolute Gasteiger partial charge is 0.490 e. The summed E-state index contributed by atoms with van der Waals surface area (Å²) in [5.74, 6) is -1.52. The second-order valence-electron chi connectivity index (χ2n) is 4.91. The van der Waals surface area contributed by atoms with Gasteiger partial charge in [0.1, 0.15) is 6.61 Å². The van der Waals surface area contributed by atoms with Crippen LogP contribution in [0.5, 0.6) is 0 Å². The van der Waals surface area contributed by atoms with Crippen molar-refractivity contribution in [3.63, 3.8) is 0 Å². The topological polar surface area (TPSA) is 139 Å². The Hall–Kier alpha value is -3.82. The summed E-state index contributed by atoms with van der Waals surface area (Å²) in [6.07, 6.45) is 0. The van der Waals surface area contributed by atoms with Crippen LogP contribution in [-0.2, 0) is 31.4 Å². The number of nitro groups is 2.